The minimum atomic E-state index is -3.91. The monoisotopic (exact) mass is 502 g/mol. The van der Waals surface area contributed by atoms with Gasteiger partial charge in [-0.05, 0) is 43.2 Å². The first-order valence-electron chi connectivity index (χ1n) is 12.4. The molecule has 1 aliphatic carbocycles. The van der Waals surface area contributed by atoms with E-state index in [4.69, 9.17) is 5.10 Å². The molecular formula is C25H34N4O5S. The number of hydrogen-bond acceptors (Lipinski definition) is 6. The van der Waals surface area contributed by atoms with Gasteiger partial charge in [-0.25, -0.2) is 8.42 Å². The lowest BCUT2D eigenvalue weighted by Gasteiger charge is -2.30. The summed E-state index contributed by atoms with van der Waals surface area (Å²) in [5, 5.41) is 15.9. The maximum Gasteiger partial charge on any atom is 0.269 e. The number of aryl methyl sites for hydroxylation is 1. The number of carbonyl (C=O) groups is 1. The van der Waals surface area contributed by atoms with Crippen LogP contribution in [0.2, 0.25) is 0 Å². The Morgan fingerprint density at radius 2 is 1.86 bits per heavy atom. The molecule has 1 aromatic heterocycles. The molecule has 35 heavy (non-hydrogen) atoms. The number of nitro groups is 1. The van der Waals surface area contributed by atoms with Gasteiger partial charge >= 0.3 is 0 Å². The average Bonchev–Trinajstić information content (AvgIpc) is 3.41. The molecule has 10 heteroatoms. The smallest absolute Gasteiger partial charge is 0.269 e. The number of non-ortho nitro benzene ring substituents is 1. The standard InChI is InChI=1S/C25H34N4O5S/c1-4-5-6-7-14-27-21-16-25(2,3)17-22(30)23(21)24(26-27)20-9-8-15-28(20)35(33,34)19-12-10-18(11-13-19)29(31)32/h10-13,20H,4-9,14-17H2,1-3H3/t20-/m0/s1. The fraction of sp³-hybridized carbons (Fsp3) is 0.600. The maximum absolute atomic E-state index is 13.5. The molecule has 0 bridgehead atoms. The first kappa shape index (κ1) is 25.5. The van der Waals surface area contributed by atoms with Crippen LogP contribution in [0.4, 0.5) is 5.69 Å². The van der Waals surface area contributed by atoms with E-state index < -0.39 is 21.0 Å². The zero-order valence-corrected chi connectivity index (χ0v) is 21.5. The van der Waals surface area contributed by atoms with Crippen LogP contribution in [-0.2, 0) is 23.0 Å². The largest absolute Gasteiger partial charge is 0.294 e. The van der Waals surface area contributed by atoms with Crippen LogP contribution in [0.5, 0.6) is 0 Å². The molecule has 1 fully saturated rings. The van der Waals surface area contributed by atoms with Crippen molar-refractivity contribution >= 4 is 21.5 Å². The summed E-state index contributed by atoms with van der Waals surface area (Å²) in [6.45, 7) is 7.37. The normalized spacial score (nSPS) is 20.2. The van der Waals surface area contributed by atoms with Crippen LogP contribution in [0.3, 0.4) is 0 Å². The van der Waals surface area contributed by atoms with Crippen LogP contribution < -0.4 is 0 Å². The van der Waals surface area contributed by atoms with Gasteiger partial charge in [0.05, 0.1) is 32.8 Å². The Kier molecular flexibility index (Phi) is 7.15. The maximum atomic E-state index is 13.5. The molecule has 4 rings (SSSR count). The average molecular weight is 503 g/mol. The van der Waals surface area contributed by atoms with Crippen molar-refractivity contribution in [1.82, 2.24) is 14.1 Å². The number of benzene rings is 1. The summed E-state index contributed by atoms with van der Waals surface area (Å²) in [5.41, 5.74) is 1.78. The van der Waals surface area contributed by atoms with E-state index in [0.717, 1.165) is 37.8 Å². The Hall–Kier alpha value is -2.59. The van der Waals surface area contributed by atoms with Crippen molar-refractivity contribution in [2.45, 2.75) is 89.6 Å². The summed E-state index contributed by atoms with van der Waals surface area (Å²) in [5.74, 6) is 0.0330. The van der Waals surface area contributed by atoms with E-state index in [2.05, 4.69) is 20.8 Å². The van der Waals surface area contributed by atoms with Crippen molar-refractivity contribution in [3.05, 3.63) is 51.3 Å². The number of carbonyl (C=O) groups excluding carboxylic acids is 1. The van der Waals surface area contributed by atoms with Crippen molar-refractivity contribution in [3.63, 3.8) is 0 Å². The van der Waals surface area contributed by atoms with Gasteiger partial charge in [0.25, 0.3) is 5.69 Å². The number of aromatic nitrogens is 2. The second-order valence-corrected chi connectivity index (χ2v) is 12.3. The lowest BCUT2D eigenvalue weighted by molar-refractivity contribution is -0.384. The van der Waals surface area contributed by atoms with Gasteiger partial charge < -0.3 is 0 Å². The zero-order valence-electron chi connectivity index (χ0n) is 20.7. The Morgan fingerprint density at radius 3 is 2.51 bits per heavy atom. The predicted molar refractivity (Wildman–Crippen MR) is 132 cm³/mol. The van der Waals surface area contributed by atoms with Crippen LogP contribution in [0.15, 0.2) is 29.2 Å². The highest BCUT2D eigenvalue weighted by molar-refractivity contribution is 7.89. The Balaban J connectivity index is 1.71. The van der Waals surface area contributed by atoms with Gasteiger partial charge in [0.1, 0.15) is 0 Å². The van der Waals surface area contributed by atoms with Gasteiger partial charge in [-0.3, -0.25) is 19.6 Å². The highest BCUT2D eigenvalue weighted by atomic mass is 32.2. The lowest BCUT2D eigenvalue weighted by Crippen LogP contribution is -2.33. The van der Waals surface area contributed by atoms with E-state index in [1.807, 2.05) is 4.68 Å². The molecule has 190 valence electrons. The summed E-state index contributed by atoms with van der Waals surface area (Å²) >= 11 is 0. The van der Waals surface area contributed by atoms with Gasteiger partial charge in [-0.1, -0.05) is 40.0 Å². The highest BCUT2D eigenvalue weighted by Gasteiger charge is 2.43. The van der Waals surface area contributed by atoms with Crippen LogP contribution in [-0.4, -0.2) is 39.8 Å². The van der Waals surface area contributed by atoms with E-state index in [9.17, 15) is 23.3 Å². The summed E-state index contributed by atoms with van der Waals surface area (Å²) in [6, 6.07) is 4.44. The molecular weight excluding hydrogens is 468 g/mol. The van der Waals surface area contributed by atoms with Crippen molar-refractivity contribution in [2.24, 2.45) is 5.41 Å². The van der Waals surface area contributed by atoms with E-state index in [1.165, 1.54) is 28.6 Å². The quantitative estimate of drug-likeness (QED) is 0.269. The third-order valence-corrected chi connectivity index (χ3v) is 8.97. The summed E-state index contributed by atoms with van der Waals surface area (Å²) < 4.78 is 30.5. The van der Waals surface area contributed by atoms with Crippen molar-refractivity contribution in [1.29, 1.82) is 0 Å². The van der Waals surface area contributed by atoms with Crippen molar-refractivity contribution < 1.29 is 18.1 Å². The summed E-state index contributed by atoms with van der Waals surface area (Å²) in [6.07, 6.45) is 6.72. The van der Waals surface area contributed by atoms with Crippen molar-refractivity contribution in [3.8, 4) is 0 Å². The van der Waals surface area contributed by atoms with E-state index in [1.54, 1.807) is 0 Å². The Bertz CT molecular complexity index is 1220. The molecule has 0 amide bonds. The minimum absolute atomic E-state index is 0.00956. The second kappa shape index (κ2) is 9.81. The van der Waals surface area contributed by atoms with E-state index in [0.29, 0.717) is 43.6 Å². The van der Waals surface area contributed by atoms with Crippen LogP contribution in [0.25, 0.3) is 0 Å². The molecule has 0 N–H and O–H groups in total. The molecule has 0 saturated carbocycles. The first-order chi connectivity index (χ1) is 16.5. The lowest BCUT2D eigenvalue weighted by atomic mass is 9.75. The molecule has 1 aromatic carbocycles. The number of nitro benzene ring substituents is 1. The number of nitrogens with zero attached hydrogens (tertiary/aromatic N) is 4. The van der Waals surface area contributed by atoms with E-state index >= 15 is 0 Å². The molecule has 1 aliphatic heterocycles. The molecule has 2 aliphatic rings. The molecule has 2 heterocycles. The predicted octanol–water partition coefficient (Wildman–Crippen LogP) is 5.05. The molecule has 9 nitrogen and oxygen atoms in total. The van der Waals surface area contributed by atoms with Crippen LogP contribution >= 0.6 is 0 Å². The molecule has 0 unspecified atom stereocenters. The number of Topliss-reactive ketones (excluding diaryl/α,β-unsaturated/α-hetero) is 1. The fourth-order valence-corrected chi connectivity index (χ4v) is 6.98. The topological polar surface area (TPSA) is 115 Å². The third kappa shape index (κ3) is 5.04. The summed E-state index contributed by atoms with van der Waals surface area (Å²) in [4.78, 5) is 23.8. The minimum Gasteiger partial charge on any atom is -0.294 e. The number of hydrogen-bond donors (Lipinski definition) is 0. The number of rotatable bonds is 9. The van der Waals surface area contributed by atoms with Gasteiger partial charge in [0.2, 0.25) is 10.0 Å². The highest BCUT2D eigenvalue weighted by Crippen LogP contribution is 2.43. The fourth-order valence-electron chi connectivity index (χ4n) is 5.32. The molecule has 2 aromatic rings. The van der Waals surface area contributed by atoms with Gasteiger partial charge in [0.15, 0.2) is 5.78 Å². The SMILES string of the molecule is CCCCCCn1nc([C@@H]2CCCN2S(=O)(=O)c2ccc([N+](=O)[O-])cc2)c2c1CC(C)(C)CC2=O. The van der Waals surface area contributed by atoms with E-state index in [-0.39, 0.29) is 21.8 Å². The number of sulfonamides is 1. The number of unbranched alkanes of at least 4 members (excludes halogenated alkanes) is 3. The van der Waals surface area contributed by atoms with Gasteiger partial charge in [-0.15, -0.1) is 0 Å². The number of ketones is 1. The van der Waals surface area contributed by atoms with Crippen LogP contribution in [0.1, 0.15) is 93.5 Å². The molecule has 1 saturated heterocycles. The van der Waals surface area contributed by atoms with Gasteiger partial charge in [0, 0.05) is 31.6 Å². The van der Waals surface area contributed by atoms with Crippen LogP contribution in [0, 0.1) is 15.5 Å². The second-order valence-electron chi connectivity index (χ2n) is 10.5. The molecule has 0 radical (unpaired) electrons. The molecule has 1 atom stereocenters. The molecule has 0 spiro atoms. The third-order valence-electron chi connectivity index (χ3n) is 7.05. The van der Waals surface area contributed by atoms with Gasteiger partial charge in [-0.2, -0.15) is 9.40 Å². The Morgan fingerprint density at radius 1 is 1.14 bits per heavy atom. The zero-order chi connectivity index (χ0) is 25.4. The first-order valence-corrected chi connectivity index (χ1v) is 13.9. The van der Waals surface area contributed by atoms with Crippen molar-refractivity contribution in [2.75, 3.05) is 6.54 Å². The Labute approximate surface area is 206 Å². The number of fused-ring (bicyclic) bond motifs is 1. The summed E-state index contributed by atoms with van der Waals surface area (Å²) in [7, 11) is -3.91.